The van der Waals surface area contributed by atoms with Crippen LogP contribution < -0.4 is 10.6 Å². The van der Waals surface area contributed by atoms with Crippen LogP contribution in [0.1, 0.15) is 44.3 Å². The molecule has 0 radical (unpaired) electrons. The van der Waals surface area contributed by atoms with Crippen LogP contribution in [0.2, 0.25) is 0 Å². The Balaban J connectivity index is 0.00000400. The predicted octanol–water partition coefficient (Wildman–Crippen LogP) is 3.69. The van der Waals surface area contributed by atoms with Crippen molar-refractivity contribution in [2.75, 3.05) is 19.8 Å². The first-order chi connectivity index (χ1) is 9.38. The molecule has 0 saturated heterocycles. The molecular weight excluding hydrogens is 415 g/mol. The van der Waals surface area contributed by atoms with E-state index in [9.17, 15) is 0 Å². The Morgan fingerprint density at radius 1 is 1.43 bits per heavy atom. The summed E-state index contributed by atoms with van der Waals surface area (Å²) < 4.78 is 0.198. The predicted molar refractivity (Wildman–Crippen MR) is 107 cm³/mol. The van der Waals surface area contributed by atoms with E-state index in [1.54, 1.807) is 18.4 Å². The highest BCUT2D eigenvalue weighted by Gasteiger charge is 2.16. The molecule has 0 fully saturated rings. The molecule has 0 amide bonds. The van der Waals surface area contributed by atoms with Gasteiger partial charge in [-0.25, -0.2) is 4.98 Å². The zero-order valence-electron chi connectivity index (χ0n) is 13.7. The minimum atomic E-state index is 0. The largest absolute Gasteiger partial charge is 0.355 e. The maximum absolute atomic E-state index is 4.61. The molecule has 7 heteroatoms. The molecule has 0 unspecified atom stereocenters. The molecule has 0 atom stereocenters. The van der Waals surface area contributed by atoms with Crippen molar-refractivity contribution >= 4 is 53.0 Å². The molecule has 0 bridgehead atoms. The molecule has 0 aliphatic heterocycles. The summed E-state index contributed by atoms with van der Waals surface area (Å²) in [5, 5.41) is 9.90. The molecule has 2 N–H and O–H groups in total. The number of thioether (sulfide) groups is 1. The van der Waals surface area contributed by atoms with E-state index in [-0.39, 0.29) is 28.7 Å². The summed E-state index contributed by atoms with van der Waals surface area (Å²) in [7, 11) is 1.79. The summed E-state index contributed by atoms with van der Waals surface area (Å²) in [6.07, 6.45) is 2.13. The van der Waals surface area contributed by atoms with E-state index in [0.717, 1.165) is 24.1 Å². The first-order valence-corrected chi connectivity index (χ1v) is 8.92. The van der Waals surface area contributed by atoms with Crippen LogP contribution in [0.4, 0.5) is 0 Å². The lowest BCUT2D eigenvalue weighted by Crippen LogP contribution is -2.42. The third-order valence-corrected chi connectivity index (χ3v) is 5.14. The van der Waals surface area contributed by atoms with Crippen molar-refractivity contribution in [3.8, 4) is 0 Å². The Hall–Kier alpha value is -0.0200. The van der Waals surface area contributed by atoms with Crippen molar-refractivity contribution < 1.29 is 0 Å². The van der Waals surface area contributed by atoms with Gasteiger partial charge >= 0.3 is 0 Å². The van der Waals surface area contributed by atoms with Gasteiger partial charge in [0.15, 0.2) is 5.96 Å². The van der Waals surface area contributed by atoms with Gasteiger partial charge in [-0.3, -0.25) is 4.99 Å². The summed E-state index contributed by atoms with van der Waals surface area (Å²) in [4.78, 5) is 8.85. The van der Waals surface area contributed by atoms with Gasteiger partial charge in [0.2, 0.25) is 0 Å². The van der Waals surface area contributed by atoms with Crippen molar-refractivity contribution in [2.24, 2.45) is 4.99 Å². The van der Waals surface area contributed by atoms with Crippen molar-refractivity contribution in [1.29, 1.82) is 0 Å². The zero-order chi connectivity index (χ0) is 15.2. The van der Waals surface area contributed by atoms with Crippen LogP contribution in [-0.4, -0.2) is 35.5 Å². The third-order valence-electron chi connectivity index (χ3n) is 3.03. The average molecular weight is 442 g/mol. The van der Waals surface area contributed by atoms with Crippen LogP contribution in [0.15, 0.2) is 10.4 Å². The molecule has 0 aromatic carbocycles. The Labute approximate surface area is 154 Å². The van der Waals surface area contributed by atoms with E-state index in [2.05, 4.69) is 59.9 Å². The number of nitrogens with zero attached hydrogens (tertiary/aromatic N) is 2. The number of aliphatic imine (C=N–C) groups is 1. The smallest absolute Gasteiger partial charge is 0.191 e. The molecule has 0 aliphatic rings. The van der Waals surface area contributed by atoms with Gasteiger partial charge in [-0.1, -0.05) is 13.8 Å². The SMILES string of the molecule is CN=C(NCc1nc(C(C)C)cs1)NCC(C)(C)SC.I. The highest BCUT2D eigenvalue weighted by Crippen LogP contribution is 2.19. The Kier molecular flexibility index (Phi) is 9.88. The Bertz CT molecular complexity index is 444. The van der Waals surface area contributed by atoms with Gasteiger partial charge in [-0.05, 0) is 26.0 Å². The van der Waals surface area contributed by atoms with Crippen molar-refractivity contribution in [2.45, 2.75) is 44.9 Å². The Morgan fingerprint density at radius 3 is 2.57 bits per heavy atom. The summed E-state index contributed by atoms with van der Waals surface area (Å²) in [5.74, 6) is 1.31. The second-order valence-corrected chi connectivity index (χ2v) is 8.02. The van der Waals surface area contributed by atoms with E-state index >= 15 is 0 Å². The molecule has 4 nitrogen and oxygen atoms in total. The van der Waals surface area contributed by atoms with E-state index in [1.807, 2.05) is 11.8 Å². The van der Waals surface area contributed by atoms with Gasteiger partial charge in [0.05, 0.1) is 12.2 Å². The van der Waals surface area contributed by atoms with Gasteiger partial charge in [0.1, 0.15) is 5.01 Å². The number of hydrogen-bond donors (Lipinski definition) is 2. The normalized spacial score (nSPS) is 12.2. The van der Waals surface area contributed by atoms with Crippen LogP contribution >= 0.6 is 47.1 Å². The Morgan fingerprint density at radius 2 is 2.10 bits per heavy atom. The molecule has 21 heavy (non-hydrogen) atoms. The average Bonchev–Trinajstić information content (AvgIpc) is 2.88. The maximum Gasteiger partial charge on any atom is 0.191 e. The van der Waals surface area contributed by atoms with Gasteiger partial charge in [-0.15, -0.1) is 35.3 Å². The number of nitrogens with one attached hydrogen (secondary N) is 2. The highest BCUT2D eigenvalue weighted by molar-refractivity contribution is 14.0. The molecule has 1 rings (SSSR count). The standard InChI is InChI=1S/C14H26N4S2.HI/c1-10(2)11-8-20-12(18-11)7-16-13(15-5)17-9-14(3,4)19-6;/h8,10H,7,9H2,1-6H3,(H2,15,16,17);1H. The second-order valence-electron chi connectivity index (χ2n) is 5.56. The summed E-state index contributed by atoms with van der Waals surface area (Å²) in [6.45, 7) is 10.4. The second kappa shape index (κ2) is 9.89. The third kappa shape index (κ3) is 7.69. The number of thiazole rings is 1. The number of hydrogen-bond acceptors (Lipinski definition) is 4. The first kappa shape index (κ1) is 21.0. The monoisotopic (exact) mass is 442 g/mol. The number of halogens is 1. The molecule has 0 aliphatic carbocycles. The number of aromatic nitrogens is 1. The fourth-order valence-electron chi connectivity index (χ4n) is 1.42. The first-order valence-electron chi connectivity index (χ1n) is 6.82. The van der Waals surface area contributed by atoms with Gasteiger partial charge in [-0.2, -0.15) is 11.8 Å². The topological polar surface area (TPSA) is 49.3 Å². The van der Waals surface area contributed by atoms with E-state index in [0.29, 0.717) is 5.92 Å². The summed E-state index contributed by atoms with van der Waals surface area (Å²) >= 11 is 3.54. The van der Waals surface area contributed by atoms with Gasteiger partial charge < -0.3 is 10.6 Å². The molecule has 0 spiro atoms. The minimum Gasteiger partial charge on any atom is -0.355 e. The maximum atomic E-state index is 4.61. The molecule has 122 valence electrons. The van der Waals surface area contributed by atoms with Crippen LogP contribution in [-0.2, 0) is 6.54 Å². The lowest BCUT2D eigenvalue weighted by Gasteiger charge is -2.23. The van der Waals surface area contributed by atoms with E-state index in [4.69, 9.17) is 0 Å². The fraction of sp³-hybridized carbons (Fsp3) is 0.714. The zero-order valence-corrected chi connectivity index (χ0v) is 17.7. The number of guanidine groups is 1. The van der Waals surface area contributed by atoms with Crippen molar-refractivity contribution in [1.82, 2.24) is 15.6 Å². The molecular formula is C14H27IN4S2. The molecule has 1 aromatic heterocycles. The lowest BCUT2D eigenvalue weighted by molar-refractivity contribution is 0.664. The van der Waals surface area contributed by atoms with Crippen LogP contribution in [0, 0.1) is 0 Å². The van der Waals surface area contributed by atoms with Crippen molar-refractivity contribution in [3.63, 3.8) is 0 Å². The van der Waals surface area contributed by atoms with Gasteiger partial charge in [0, 0.05) is 23.7 Å². The lowest BCUT2D eigenvalue weighted by atomic mass is 10.2. The van der Waals surface area contributed by atoms with E-state index < -0.39 is 0 Å². The van der Waals surface area contributed by atoms with Crippen molar-refractivity contribution in [3.05, 3.63) is 16.1 Å². The fourth-order valence-corrected chi connectivity index (χ4v) is 2.53. The molecule has 1 aromatic rings. The molecule has 1 heterocycles. The number of rotatable bonds is 6. The van der Waals surface area contributed by atoms with Crippen LogP contribution in [0.3, 0.4) is 0 Å². The quantitative estimate of drug-likeness (QED) is 0.401. The van der Waals surface area contributed by atoms with Gasteiger partial charge in [0.25, 0.3) is 0 Å². The molecule has 0 saturated carbocycles. The van der Waals surface area contributed by atoms with E-state index in [1.165, 1.54) is 5.69 Å². The van der Waals surface area contributed by atoms with Crippen LogP contribution in [0.5, 0.6) is 0 Å². The summed E-state index contributed by atoms with van der Waals surface area (Å²) in [6, 6.07) is 0. The minimum absolute atomic E-state index is 0. The van der Waals surface area contributed by atoms with Crippen LogP contribution in [0.25, 0.3) is 0 Å². The highest BCUT2D eigenvalue weighted by atomic mass is 127. The summed E-state index contributed by atoms with van der Waals surface area (Å²) in [5.41, 5.74) is 1.17.